The molecule has 4 aromatic rings. The summed E-state index contributed by atoms with van der Waals surface area (Å²) >= 11 is 7.91. The highest BCUT2D eigenvalue weighted by Crippen LogP contribution is 2.51. The molecule has 234 valence electrons. The van der Waals surface area contributed by atoms with Crippen LogP contribution in [0.15, 0.2) is 12.1 Å². The Bertz CT molecular complexity index is 1910. The summed E-state index contributed by atoms with van der Waals surface area (Å²) in [5.74, 6) is -0.716. The first-order chi connectivity index (χ1) is 21.8. The van der Waals surface area contributed by atoms with Gasteiger partial charge in [-0.3, -0.25) is 4.90 Å². The Labute approximate surface area is 265 Å². The Hall–Kier alpha value is -3.57. The van der Waals surface area contributed by atoms with Crippen LogP contribution < -0.4 is 25.4 Å². The zero-order valence-electron chi connectivity index (χ0n) is 24.1. The SMILES string of the molecule is N#Cc1c(N)sc2c(F)ccc(-c3c(Cl)c4c5c(nc(OC[C@@]67CCCN6C[C@H](F)C7)nc5c3F)N([C@H]3CCNC3)CCO4)c12. The van der Waals surface area contributed by atoms with Gasteiger partial charge in [0.15, 0.2) is 11.6 Å². The molecule has 8 rings (SSSR count). The van der Waals surface area contributed by atoms with Crippen LogP contribution in [-0.4, -0.2) is 78.6 Å². The maximum Gasteiger partial charge on any atom is 0.319 e. The number of benzene rings is 2. The molecule has 4 aliphatic heterocycles. The Morgan fingerprint density at radius 2 is 2.13 bits per heavy atom. The van der Waals surface area contributed by atoms with E-state index >= 15 is 4.39 Å². The highest BCUT2D eigenvalue weighted by atomic mass is 35.5. The van der Waals surface area contributed by atoms with E-state index in [1.54, 1.807) is 0 Å². The van der Waals surface area contributed by atoms with Crippen LogP contribution in [0.4, 0.5) is 24.0 Å². The summed E-state index contributed by atoms with van der Waals surface area (Å²) in [4.78, 5) is 13.6. The van der Waals surface area contributed by atoms with Gasteiger partial charge in [-0.2, -0.15) is 15.2 Å². The first kappa shape index (κ1) is 28.9. The third kappa shape index (κ3) is 4.40. The van der Waals surface area contributed by atoms with Crippen molar-refractivity contribution in [3.8, 4) is 29.0 Å². The fraction of sp³-hybridized carbons (Fsp3) is 0.452. The number of aromatic nitrogens is 2. The summed E-state index contributed by atoms with van der Waals surface area (Å²) in [5, 5.41) is 13.8. The number of nitrogen functional groups attached to an aromatic ring is 1. The fourth-order valence-electron chi connectivity index (χ4n) is 7.65. The Balaban J connectivity index is 1.34. The van der Waals surface area contributed by atoms with Gasteiger partial charge in [0.1, 0.15) is 47.6 Å². The number of halogens is 4. The molecule has 0 radical (unpaired) electrons. The number of nitrogens with zero attached hydrogens (tertiary/aromatic N) is 5. The van der Waals surface area contributed by atoms with Crippen LogP contribution in [0.2, 0.25) is 5.02 Å². The molecule has 0 amide bonds. The summed E-state index contributed by atoms with van der Waals surface area (Å²) in [6, 6.07) is 4.67. The predicted octanol–water partition coefficient (Wildman–Crippen LogP) is 5.41. The molecule has 9 nitrogen and oxygen atoms in total. The molecular weight excluding hydrogens is 627 g/mol. The minimum absolute atomic E-state index is 0.0289. The van der Waals surface area contributed by atoms with Crippen molar-refractivity contribution in [2.24, 2.45) is 0 Å². The number of ether oxygens (including phenoxy) is 2. The minimum Gasteiger partial charge on any atom is -0.489 e. The normalized spacial score (nSPS) is 24.6. The van der Waals surface area contributed by atoms with E-state index in [0.29, 0.717) is 37.3 Å². The number of hydrogen-bond donors (Lipinski definition) is 2. The van der Waals surface area contributed by atoms with E-state index in [0.717, 1.165) is 43.7 Å². The first-order valence-corrected chi connectivity index (χ1v) is 16.2. The number of rotatable bonds is 5. The lowest BCUT2D eigenvalue weighted by Crippen LogP contribution is -2.43. The molecule has 6 heterocycles. The molecule has 3 fully saturated rings. The van der Waals surface area contributed by atoms with Crippen LogP contribution in [0, 0.1) is 23.0 Å². The third-order valence-corrected chi connectivity index (χ3v) is 11.1. The van der Waals surface area contributed by atoms with Gasteiger partial charge in [-0.05, 0) is 44.0 Å². The van der Waals surface area contributed by atoms with Crippen LogP contribution in [0.25, 0.3) is 32.1 Å². The molecule has 4 aliphatic rings. The van der Waals surface area contributed by atoms with Gasteiger partial charge in [0.25, 0.3) is 0 Å². The number of nitrogens with two attached hydrogens (primary N) is 1. The van der Waals surface area contributed by atoms with Crippen LogP contribution in [0.1, 0.15) is 31.2 Å². The quantitative estimate of drug-likeness (QED) is 0.291. The van der Waals surface area contributed by atoms with Gasteiger partial charge in [0.2, 0.25) is 0 Å². The number of nitrogens with one attached hydrogen (secondary N) is 1. The Kier molecular flexibility index (Phi) is 6.90. The van der Waals surface area contributed by atoms with Gasteiger partial charge < -0.3 is 25.4 Å². The van der Waals surface area contributed by atoms with Crippen molar-refractivity contribution < 1.29 is 22.6 Å². The van der Waals surface area contributed by atoms with E-state index in [4.69, 9.17) is 31.8 Å². The van der Waals surface area contributed by atoms with Gasteiger partial charge >= 0.3 is 6.01 Å². The highest BCUT2D eigenvalue weighted by Gasteiger charge is 2.49. The largest absolute Gasteiger partial charge is 0.489 e. The van der Waals surface area contributed by atoms with Crippen LogP contribution in [0.5, 0.6) is 11.8 Å². The van der Waals surface area contributed by atoms with Crippen molar-refractivity contribution in [1.82, 2.24) is 20.2 Å². The number of alkyl halides is 1. The molecule has 0 unspecified atom stereocenters. The van der Waals surface area contributed by atoms with E-state index < -0.39 is 23.3 Å². The minimum atomic E-state index is -0.930. The molecule has 3 atom stereocenters. The van der Waals surface area contributed by atoms with Gasteiger partial charge in [-0.25, -0.2) is 13.2 Å². The topological polar surface area (TPSA) is 113 Å². The standard InChI is InChI=1S/C31H29ClF3N7O2S/c32-23-21(17-2-3-19(34)27-20(17)18(11-36)28(37)45-27)24(35)25-22-26(23)43-9-8-42(16-4-6-38-12-16)29(22)40-30(39-25)44-14-31-5-1-7-41(31)13-15(33)10-31/h2-3,15-16,38H,1,4-10,12-14,37H2/t15-,16+,31+/m1/s1. The molecule has 0 aliphatic carbocycles. The van der Waals surface area contributed by atoms with E-state index in [1.165, 1.54) is 12.1 Å². The van der Waals surface area contributed by atoms with E-state index in [-0.39, 0.29) is 73.3 Å². The molecular formula is C31H29ClF3N7O2S. The number of anilines is 2. The smallest absolute Gasteiger partial charge is 0.319 e. The van der Waals surface area contributed by atoms with Crippen molar-refractivity contribution >= 4 is 54.7 Å². The second-order valence-corrected chi connectivity index (χ2v) is 13.6. The summed E-state index contributed by atoms with van der Waals surface area (Å²) in [7, 11) is 0. The van der Waals surface area contributed by atoms with Gasteiger partial charge in [-0.1, -0.05) is 17.7 Å². The van der Waals surface area contributed by atoms with Gasteiger partial charge in [0.05, 0.1) is 32.8 Å². The summed E-state index contributed by atoms with van der Waals surface area (Å²) < 4.78 is 59.0. The van der Waals surface area contributed by atoms with E-state index in [9.17, 15) is 14.0 Å². The number of thiophene rings is 1. The van der Waals surface area contributed by atoms with E-state index in [2.05, 4.69) is 20.1 Å². The van der Waals surface area contributed by atoms with Crippen molar-refractivity contribution in [3.05, 3.63) is 34.4 Å². The molecule has 3 saturated heterocycles. The number of hydrogen-bond acceptors (Lipinski definition) is 10. The molecule has 0 saturated carbocycles. The van der Waals surface area contributed by atoms with Gasteiger partial charge in [0, 0.05) is 36.5 Å². The van der Waals surface area contributed by atoms with Crippen LogP contribution in [0.3, 0.4) is 0 Å². The molecule has 2 aromatic heterocycles. The average molecular weight is 656 g/mol. The van der Waals surface area contributed by atoms with Crippen molar-refractivity contribution in [1.29, 1.82) is 5.26 Å². The maximum absolute atomic E-state index is 17.1. The zero-order valence-corrected chi connectivity index (χ0v) is 25.7. The zero-order chi connectivity index (χ0) is 31.0. The monoisotopic (exact) mass is 655 g/mol. The second kappa shape index (κ2) is 10.8. The van der Waals surface area contributed by atoms with Crippen molar-refractivity contribution in [3.63, 3.8) is 0 Å². The molecule has 45 heavy (non-hydrogen) atoms. The van der Waals surface area contributed by atoms with Crippen LogP contribution >= 0.6 is 22.9 Å². The first-order valence-electron chi connectivity index (χ1n) is 15.1. The lowest BCUT2D eigenvalue weighted by Gasteiger charge is -2.31. The maximum atomic E-state index is 17.1. The summed E-state index contributed by atoms with van der Waals surface area (Å²) in [6.07, 6.45) is 2.03. The lowest BCUT2D eigenvalue weighted by molar-refractivity contribution is 0.107. The molecule has 0 bridgehead atoms. The van der Waals surface area contributed by atoms with Gasteiger partial charge in [-0.15, -0.1) is 11.3 Å². The lowest BCUT2D eigenvalue weighted by atomic mass is 9.95. The van der Waals surface area contributed by atoms with Crippen molar-refractivity contribution in [2.45, 2.75) is 43.4 Å². The van der Waals surface area contributed by atoms with Crippen LogP contribution in [-0.2, 0) is 0 Å². The molecule has 14 heteroatoms. The Morgan fingerprint density at radius 3 is 2.93 bits per heavy atom. The number of nitriles is 1. The van der Waals surface area contributed by atoms with Crippen molar-refractivity contribution in [2.75, 3.05) is 56.6 Å². The molecule has 3 N–H and O–H groups in total. The number of fused-ring (bicyclic) bond motifs is 2. The summed E-state index contributed by atoms with van der Waals surface area (Å²) in [5.41, 5.74) is 5.72. The average Bonchev–Trinajstić information content (AvgIpc) is 3.78. The predicted molar refractivity (Wildman–Crippen MR) is 167 cm³/mol. The van der Waals surface area contributed by atoms with E-state index in [1.807, 2.05) is 6.07 Å². The third-order valence-electron chi connectivity index (χ3n) is 9.70. The Morgan fingerprint density at radius 1 is 1.27 bits per heavy atom. The fourth-order valence-corrected chi connectivity index (χ4v) is 8.93. The molecule has 0 spiro atoms. The molecule has 2 aromatic carbocycles. The summed E-state index contributed by atoms with van der Waals surface area (Å²) in [6.45, 7) is 3.59. The second-order valence-electron chi connectivity index (χ2n) is 12.2. The highest BCUT2D eigenvalue weighted by molar-refractivity contribution is 7.23.